The van der Waals surface area contributed by atoms with Gasteiger partial charge in [-0.1, -0.05) is 72.8 Å². The molecule has 0 saturated heterocycles. The molecule has 3 aromatic carbocycles. The van der Waals surface area contributed by atoms with Crippen LogP contribution >= 0.6 is 0 Å². The fourth-order valence-corrected chi connectivity index (χ4v) is 3.01. The zero-order valence-electron chi connectivity index (χ0n) is 17.6. The van der Waals surface area contributed by atoms with Crippen LogP contribution in [0.4, 0.5) is 5.69 Å². The second-order valence-electron chi connectivity index (χ2n) is 7.28. The van der Waals surface area contributed by atoms with Gasteiger partial charge >= 0.3 is 0 Å². The van der Waals surface area contributed by atoms with Crippen molar-refractivity contribution in [3.05, 3.63) is 102 Å². The first kappa shape index (κ1) is 21.3. The Morgan fingerprint density at radius 1 is 0.833 bits per heavy atom. The van der Waals surface area contributed by atoms with E-state index in [4.69, 9.17) is 4.74 Å². The normalized spacial score (nSPS) is 11.0. The maximum Gasteiger partial charge on any atom is 0.251 e. The first-order valence-electron chi connectivity index (χ1n) is 10.1. The number of amides is 1. The largest absolute Gasteiger partial charge is 0.487 e. The number of hydrogen-bond acceptors (Lipinski definition) is 3. The van der Waals surface area contributed by atoms with E-state index >= 15 is 0 Å². The fraction of sp³-hybridized carbons (Fsp3) is 0.192. The monoisotopic (exact) mass is 400 g/mol. The summed E-state index contributed by atoms with van der Waals surface area (Å²) in [5.41, 5.74) is 2.85. The third-order valence-electron chi connectivity index (χ3n) is 4.65. The standard InChI is InChI=1S/C26H28N2O2/c1-27(2)19-20-28(26(29)18-17-22-11-5-3-6-12-22)24-15-9-10-16-25(24)30-21-23-13-7-4-8-14-23/h3-18H,19-21H2,1-2H3. The van der Waals surface area contributed by atoms with E-state index in [2.05, 4.69) is 4.90 Å². The molecule has 0 fully saturated rings. The lowest BCUT2D eigenvalue weighted by Gasteiger charge is -2.25. The quantitative estimate of drug-likeness (QED) is 0.480. The van der Waals surface area contributed by atoms with Crippen LogP contribution in [-0.4, -0.2) is 38.0 Å². The molecule has 0 aliphatic carbocycles. The molecule has 3 aromatic rings. The van der Waals surface area contributed by atoms with Gasteiger partial charge in [-0.2, -0.15) is 0 Å². The van der Waals surface area contributed by atoms with Crippen LogP contribution in [-0.2, 0) is 11.4 Å². The molecule has 30 heavy (non-hydrogen) atoms. The van der Waals surface area contributed by atoms with E-state index in [9.17, 15) is 4.79 Å². The van der Waals surface area contributed by atoms with Crippen LogP contribution in [0, 0.1) is 0 Å². The topological polar surface area (TPSA) is 32.8 Å². The number of carbonyl (C=O) groups is 1. The van der Waals surface area contributed by atoms with Gasteiger partial charge in [-0.25, -0.2) is 0 Å². The van der Waals surface area contributed by atoms with Crippen LogP contribution in [0.25, 0.3) is 6.08 Å². The Kier molecular flexibility index (Phi) is 7.81. The number of anilines is 1. The minimum atomic E-state index is -0.0727. The molecule has 0 aliphatic rings. The van der Waals surface area contributed by atoms with Crippen LogP contribution in [0.2, 0.25) is 0 Å². The molecule has 154 valence electrons. The molecule has 0 unspecified atom stereocenters. The van der Waals surface area contributed by atoms with Crippen LogP contribution in [0.15, 0.2) is 91.0 Å². The SMILES string of the molecule is CN(C)CCN(C(=O)C=Cc1ccccc1)c1ccccc1OCc1ccccc1. The molecule has 0 atom stereocenters. The Morgan fingerprint density at radius 2 is 1.47 bits per heavy atom. The van der Waals surface area contributed by atoms with Crippen molar-refractivity contribution in [2.75, 3.05) is 32.1 Å². The summed E-state index contributed by atoms with van der Waals surface area (Å²) >= 11 is 0. The summed E-state index contributed by atoms with van der Waals surface area (Å²) in [4.78, 5) is 17.0. The van der Waals surface area contributed by atoms with Crippen molar-refractivity contribution in [3.63, 3.8) is 0 Å². The third-order valence-corrected chi connectivity index (χ3v) is 4.65. The van der Waals surface area contributed by atoms with Gasteiger partial charge in [-0.15, -0.1) is 0 Å². The summed E-state index contributed by atoms with van der Waals surface area (Å²) in [6, 6.07) is 27.6. The molecule has 4 nitrogen and oxygen atoms in total. The van der Waals surface area contributed by atoms with Gasteiger partial charge in [0.15, 0.2) is 0 Å². The van der Waals surface area contributed by atoms with Gasteiger partial charge in [0.25, 0.3) is 5.91 Å². The van der Waals surface area contributed by atoms with Crippen molar-refractivity contribution in [1.82, 2.24) is 4.90 Å². The highest BCUT2D eigenvalue weighted by atomic mass is 16.5. The Hall–Kier alpha value is -3.37. The summed E-state index contributed by atoms with van der Waals surface area (Å²) in [5, 5.41) is 0. The Labute approximate surface area is 179 Å². The molecule has 0 radical (unpaired) electrons. The molecule has 3 rings (SSSR count). The van der Waals surface area contributed by atoms with Crippen molar-refractivity contribution >= 4 is 17.7 Å². The number of benzene rings is 3. The van der Waals surface area contributed by atoms with E-state index in [1.54, 1.807) is 11.0 Å². The minimum absolute atomic E-state index is 0.0727. The van der Waals surface area contributed by atoms with Crippen molar-refractivity contribution in [2.24, 2.45) is 0 Å². The van der Waals surface area contributed by atoms with Crippen molar-refractivity contribution in [2.45, 2.75) is 6.61 Å². The molecule has 4 heteroatoms. The van der Waals surface area contributed by atoms with Gasteiger partial charge in [0.1, 0.15) is 12.4 Å². The molecule has 0 heterocycles. The highest BCUT2D eigenvalue weighted by Crippen LogP contribution is 2.29. The molecule has 0 aliphatic heterocycles. The maximum atomic E-state index is 13.1. The van der Waals surface area contributed by atoms with Crippen LogP contribution in [0.1, 0.15) is 11.1 Å². The van der Waals surface area contributed by atoms with Crippen molar-refractivity contribution < 1.29 is 9.53 Å². The van der Waals surface area contributed by atoms with Crippen LogP contribution < -0.4 is 9.64 Å². The van der Waals surface area contributed by atoms with Crippen molar-refractivity contribution in [1.29, 1.82) is 0 Å². The van der Waals surface area contributed by atoms with Crippen LogP contribution in [0.3, 0.4) is 0 Å². The smallest absolute Gasteiger partial charge is 0.251 e. The third kappa shape index (κ3) is 6.33. The van der Waals surface area contributed by atoms with E-state index in [0.29, 0.717) is 18.9 Å². The second kappa shape index (κ2) is 11.0. The van der Waals surface area contributed by atoms with Gasteiger partial charge < -0.3 is 14.5 Å². The zero-order chi connectivity index (χ0) is 21.2. The van der Waals surface area contributed by atoms with Gasteiger partial charge in [0, 0.05) is 19.2 Å². The van der Waals surface area contributed by atoms with Crippen molar-refractivity contribution in [3.8, 4) is 5.75 Å². The summed E-state index contributed by atoms with van der Waals surface area (Å²) < 4.78 is 6.09. The minimum Gasteiger partial charge on any atom is -0.487 e. The average Bonchev–Trinajstić information content (AvgIpc) is 2.78. The number of rotatable bonds is 9. The van der Waals surface area contributed by atoms with Gasteiger partial charge in [0.2, 0.25) is 0 Å². The lowest BCUT2D eigenvalue weighted by Crippen LogP contribution is -2.36. The maximum absolute atomic E-state index is 13.1. The summed E-state index contributed by atoms with van der Waals surface area (Å²) in [7, 11) is 4.00. The highest BCUT2D eigenvalue weighted by Gasteiger charge is 2.18. The lowest BCUT2D eigenvalue weighted by molar-refractivity contribution is -0.114. The molecule has 0 N–H and O–H groups in total. The summed E-state index contributed by atoms with van der Waals surface area (Å²) in [5.74, 6) is 0.623. The van der Waals surface area contributed by atoms with E-state index in [0.717, 1.165) is 23.4 Å². The van der Waals surface area contributed by atoms with E-state index in [1.807, 2.05) is 105 Å². The van der Waals surface area contributed by atoms with E-state index < -0.39 is 0 Å². The second-order valence-corrected chi connectivity index (χ2v) is 7.28. The van der Waals surface area contributed by atoms with E-state index in [-0.39, 0.29) is 5.91 Å². The summed E-state index contributed by atoms with van der Waals surface area (Å²) in [6.45, 7) is 1.77. The lowest BCUT2D eigenvalue weighted by atomic mass is 10.2. The number of carbonyl (C=O) groups excluding carboxylic acids is 1. The molecule has 0 spiro atoms. The zero-order valence-corrected chi connectivity index (χ0v) is 17.6. The van der Waals surface area contributed by atoms with Gasteiger partial charge in [0.05, 0.1) is 5.69 Å². The molecular weight excluding hydrogens is 372 g/mol. The Morgan fingerprint density at radius 3 is 2.17 bits per heavy atom. The summed E-state index contributed by atoms with van der Waals surface area (Å²) in [6.07, 6.45) is 3.47. The number of ether oxygens (including phenoxy) is 1. The van der Waals surface area contributed by atoms with Gasteiger partial charge in [-0.3, -0.25) is 4.79 Å². The average molecular weight is 401 g/mol. The predicted octanol–water partition coefficient (Wildman–Crippen LogP) is 4.87. The number of hydrogen-bond donors (Lipinski definition) is 0. The molecule has 1 amide bonds. The first-order chi connectivity index (χ1) is 14.6. The highest BCUT2D eigenvalue weighted by molar-refractivity contribution is 6.04. The number of nitrogens with zero attached hydrogens (tertiary/aromatic N) is 2. The number of likely N-dealkylation sites (N-methyl/N-ethyl adjacent to an activating group) is 1. The van der Waals surface area contributed by atoms with Crippen LogP contribution in [0.5, 0.6) is 5.75 Å². The molecule has 0 saturated carbocycles. The molecule has 0 aromatic heterocycles. The number of para-hydroxylation sites is 2. The van der Waals surface area contributed by atoms with Gasteiger partial charge in [-0.05, 0) is 43.4 Å². The predicted molar refractivity (Wildman–Crippen MR) is 124 cm³/mol. The Balaban J connectivity index is 1.82. The first-order valence-corrected chi connectivity index (χ1v) is 10.1. The fourth-order valence-electron chi connectivity index (χ4n) is 3.01. The molecular formula is C26H28N2O2. The molecule has 0 bridgehead atoms. The van der Waals surface area contributed by atoms with E-state index in [1.165, 1.54) is 0 Å². The Bertz CT molecular complexity index is 953.